The Morgan fingerprint density at radius 3 is 2.76 bits per heavy atom. The van der Waals surface area contributed by atoms with E-state index in [2.05, 4.69) is 9.80 Å². The zero-order valence-corrected chi connectivity index (χ0v) is 10.6. The predicted octanol–water partition coefficient (Wildman–Crippen LogP) is -0.632. The first-order valence-electron chi connectivity index (χ1n) is 6.72. The van der Waals surface area contributed by atoms with Crippen LogP contribution in [0.5, 0.6) is 0 Å². The molecule has 0 bridgehead atoms. The Hall–Kier alpha value is -0.200. The highest BCUT2D eigenvalue weighted by Crippen LogP contribution is 2.16. The lowest BCUT2D eigenvalue weighted by molar-refractivity contribution is 0.0178. The summed E-state index contributed by atoms with van der Waals surface area (Å²) in [5.74, 6) is 0. The number of nitrogens with two attached hydrogens (primary N) is 1. The van der Waals surface area contributed by atoms with Gasteiger partial charge in [-0.2, -0.15) is 0 Å². The van der Waals surface area contributed by atoms with Gasteiger partial charge in [0.15, 0.2) is 0 Å². The maximum Gasteiger partial charge on any atom is 0.0594 e. The van der Waals surface area contributed by atoms with Gasteiger partial charge in [-0.15, -0.1) is 0 Å². The molecular formula is C12H25N3O2. The van der Waals surface area contributed by atoms with Crippen molar-refractivity contribution in [1.29, 1.82) is 0 Å². The highest BCUT2D eigenvalue weighted by Gasteiger charge is 2.28. The average Bonchev–Trinajstić information content (AvgIpc) is 2.85. The van der Waals surface area contributed by atoms with Crippen molar-refractivity contribution in [2.75, 3.05) is 65.7 Å². The lowest BCUT2D eigenvalue weighted by atomic mass is 10.2. The molecule has 0 saturated carbocycles. The van der Waals surface area contributed by atoms with Crippen molar-refractivity contribution in [2.45, 2.75) is 12.5 Å². The summed E-state index contributed by atoms with van der Waals surface area (Å²) in [5.41, 5.74) is 5.39. The molecule has 2 N–H and O–H groups in total. The second-order valence-corrected chi connectivity index (χ2v) is 4.79. The van der Waals surface area contributed by atoms with E-state index in [0.29, 0.717) is 13.2 Å². The van der Waals surface area contributed by atoms with Crippen LogP contribution in [0.3, 0.4) is 0 Å². The van der Waals surface area contributed by atoms with Gasteiger partial charge in [-0.1, -0.05) is 0 Å². The first-order chi connectivity index (χ1) is 8.40. The van der Waals surface area contributed by atoms with Crippen LogP contribution in [0.4, 0.5) is 0 Å². The van der Waals surface area contributed by atoms with E-state index < -0.39 is 0 Å². The summed E-state index contributed by atoms with van der Waals surface area (Å²) in [6.07, 6.45) is 1.29. The highest BCUT2D eigenvalue weighted by atomic mass is 16.5. The summed E-state index contributed by atoms with van der Waals surface area (Å²) < 4.78 is 10.8. The molecule has 5 heteroatoms. The van der Waals surface area contributed by atoms with Gasteiger partial charge in [0.2, 0.25) is 0 Å². The first-order valence-corrected chi connectivity index (χ1v) is 6.72. The SMILES string of the molecule is NCCOCCN1CCC(N2CCOCC2)C1. The van der Waals surface area contributed by atoms with Gasteiger partial charge >= 0.3 is 0 Å². The summed E-state index contributed by atoms with van der Waals surface area (Å²) >= 11 is 0. The monoisotopic (exact) mass is 243 g/mol. The Morgan fingerprint density at radius 1 is 1.18 bits per heavy atom. The van der Waals surface area contributed by atoms with Gasteiger partial charge in [0, 0.05) is 38.8 Å². The Morgan fingerprint density at radius 2 is 2.00 bits per heavy atom. The molecule has 0 aromatic rings. The lowest BCUT2D eigenvalue weighted by Crippen LogP contribution is -2.44. The zero-order chi connectivity index (χ0) is 11.9. The molecule has 0 aromatic carbocycles. The molecule has 0 aromatic heterocycles. The smallest absolute Gasteiger partial charge is 0.0594 e. The normalized spacial score (nSPS) is 27.7. The van der Waals surface area contributed by atoms with Crippen LogP contribution in [-0.4, -0.2) is 81.5 Å². The standard InChI is InChI=1S/C12H25N3O2/c13-2-7-16-8-4-14-3-1-12(11-14)15-5-9-17-10-6-15/h12H,1-11,13H2. The third-order valence-corrected chi connectivity index (χ3v) is 3.62. The van der Waals surface area contributed by atoms with Crippen LogP contribution in [0.2, 0.25) is 0 Å². The summed E-state index contributed by atoms with van der Waals surface area (Å²) in [7, 11) is 0. The van der Waals surface area contributed by atoms with Crippen molar-refractivity contribution in [3.63, 3.8) is 0 Å². The molecule has 0 amide bonds. The zero-order valence-electron chi connectivity index (χ0n) is 10.6. The van der Waals surface area contributed by atoms with Crippen molar-refractivity contribution >= 4 is 0 Å². The van der Waals surface area contributed by atoms with E-state index in [0.717, 1.165) is 45.5 Å². The molecule has 0 spiro atoms. The fraction of sp³-hybridized carbons (Fsp3) is 1.00. The third-order valence-electron chi connectivity index (χ3n) is 3.62. The minimum absolute atomic E-state index is 0.621. The van der Waals surface area contributed by atoms with Crippen molar-refractivity contribution in [1.82, 2.24) is 9.80 Å². The molecule has 2 saturated heterocycles. The lowest BCUT2D eigenvalue weighted by Gasteiger charge is -2.32. The van der Waals surface area contributed by atoms with E-state index >= 15 is 0 Å². The van der Waals surface area contributed by atoms with Crippen LogP contribution in [0.15, 0.2) is 0 Å². The van der Waals surface area contributed by atoms with E-state index in [9.17, 15) is 0 Å². The summed E-state index contributed by atoms with van der Waals surface area (Å²) in [6.45, 7) is 9.54. The molecule has 2 fully saturated rings. The fourth-order valence-corrected chi connectivity index (χ4v) is 2.64. The highest BCUT2D eigenvalue weighted by molar-refractivity contribution is 4.84. The van der Waals surface area contributed by atoms with Gasteiger partial charge in [0.05, 0.1) is 26.4 Å². The van der Waals surface area contributed by atoms with Crippen LogP contribution in [0, 0.1) is 0 Å². The molecule has 2 aliphatic rings. The molecule has 5 nitrogen and oxygen atoms in total. The van der Waals surface area contributed by atoms with E-state index in [1.807, 2.05) is 0 Å². The summed E-state index contributed by atoms with van der Waals surface area (Å²) in [6, 6.07) is 0.730. The third kappa shape index (κ3) is 4.19. The second-order valence-electron chi connectivity index (χ2n) is 4.79. The molecule has 0 aliphatic carbocycles. The number of hydrogen-bond donors (Lipinski definition) is 1. The van der Waals surface area contributed by atoms with E-state index in [1.165, 1.54) is 19.5 Å². The van der Waals surface area contributed by atoms with Gasteiger partial charge in [-0.25, -0.2) is 0 Å². The topological polar surface area (TPSA) is 51.0 Å². The Bertz CT molecular complexity index is 210. The van der Waals surface area contributed by atoms with E-state index in [1.54, 1.807) is 0 Å². The molecule has 1 unspecified atom stereocenters. The van der Waals surface area contributed by atoms with Gasteiger partial charge in [0.25, 0.3) is 0 Å². The quantitative estimate of drug-likeness (QED) is 0.629. The van der Waals surface area contributed by atoms with Crippen molar-refractivity contribution in [2.24, 2.45) is 5.73 Å². The first kappa shape index (κ1) is 13.2. The number of ether oxygens (including phenoxy) is 2. The maximum atomic E-state index is 5.43. The number of rotatable bonds is 6. The van der Waals surface area contributed by atoms with Crippen molar-refractivity contribution < 1.29 is 9.47 Å². The number of nitrogens with zero attached hydrogens (tertiary/aromatic N) is 2. The van der Waals surface area contributed by atoms with Gasteiger partial charge < -0.3 is 15.2 Å². The Balaban J connectivity index is 1.61. The largest absolute Gasteiger partial charge is 0.379 e. The van der Waals surface area contributed by atoms with Crippen LogP contribution in [0.1, 0.15) is 6.42 Å². The van der Waals surface area contributed by atoms with Crippen LogP contribution >= 0.6 is 0 Å². The van der Waals surface area contributed by atoms with Gasteiger partial charge in [-0.05, 0) is 13.0 Å². The van der Waals surface area contributed by atoms with Gasteiger partial charge in [-0.3, -0.25) is 9.80 Å². The molecular weight excluding hydrogens is 218 g/mol. The average molecular weight is 243 g/mol. The minimum Gasteiger partial charge on any atom is -0.379 e. The Kier molecular flexibility index (Phi) is 5.67. The predicted molar refractivity (Wildman–Crippen MR) is 67.1 cm³/mol. The van der Waals surface area contributed by atoms with Crippen molar-refractivity contribution in [3.05, 3.63) is 0 Å². The fourth-order valence-electron chi connectivity index (χ4n) is 2.64. The summed E-state index contributed by atoms with van der Waals surface area (Å²) in [4.78, 5) is 5.07. The second kappa shape index (κ2) is 7.28. The molecule has 17 heavy (non-hydrogen) atoms. The summed E-state index contributed by atoms with van der Waals surface area (Å²) in [5, 5.41) is 0. The number of morpholine rings is 1. The molecule has 100 valence electrons. The van der Waals surface area contributed by atoms with E-state index in [-0.39, 0.29) is 0 Å². The molecule has 2 rings (SSSR count). The molecule has 2 aliphatic heterocycles. The maximum absolute atomic E-state index is 5.43. The molecule has 2 heterocycles. The van der Waals surface area contributed by atoms with Crippen LogP contribution in [-0.2, 0) is 9.47 Å². The number of likely N-dealkylation sites (tertiary alicyclic amines) is 1. The molecule has 0 radical (unpaired) electrons. The van der Waals surface area contributed by atoms with Gasteiger partial charge in [0.1, 0.15) is 0 Å². The Labute approximate surface area is 104 Å². The van der Waals surface area contributed by atoms with Crippen LogP contribution < -0.4 is 5.73 Å². The van der Waals surface area contributed by atoms with Crippen molar-refractivity contribution in [3.8, 4) is 0 Å². The molecule has 1 atom stereocenters. The van der Waals surface area contributed by atoms with Crippen LogP contribution in [0.25, 0.3) is 0 Å². The minimum atomic E-state index is 0.621. The number of hydrogen-bond acceptors (Lipinski definition) is 5. The van der Waals surface area contributed by atoms with E-state index in [4.69, 9.17) is 15.2 Å².